The molecule has 0 spiro atoms. The van der Waals surface area contributed by atoms with E-state index < -0.39 is 5.54 Å². The van der Waals surface area contributed by atoms with Gasteiger partial charge in [-0.05, 0) is 152 Å². The fourth-order valence-electron chi connectivity index (χ4n) is 6.35. The number of fused-ring (bicyclic) bond motifs is 2. The number of carbonyl (C=O) groups is 2. The van der Waals surface area contributed by atoms with Crippen molar-refractivity contribution in [3.63, 3.8) is 0 Å². The maximum Gasteiger partial charge on any atom is 0.258 e. The van der Waals surface area contributed by atoms with Crippen LogP contribution in [0.2, 0.25) is 0 Å². The molecule has 2 amide bonds. The van der Waals surface area contributed by atoms with Crippen LogP contribution in [0.1, 0.15) is 54.9 Å². The van der Waals surface area contributed by atoms with Gasteiger partial charge in [0, 0.05) is 51.3 Å². The second-order valence-electron chi connectivity index (χ2n) is 12.1. The molecule has 0 bridgehead atoms. The second kappa shape index (κ2) is 15.5. The van der Waals surface area contributed by atoms with Crippen molar-refractivity contribution >= 4 is 100 Å². The zero-order valence-electron chi connectivity index (χ0n) is 26.9. The van der Waals surface area contributed by atoms with Crippen molar-refractivity contribution in [2.45, 2.75) is 44.6 Å². The number of nitrogens with zero attached hydrogens (tertiary/aromatic N) is 2. The SMILES string of the molecule is COc1cc2c(cc1OCCCCCN1C(=O)/C(=C\c3cc(Br)c(O)c(Br)c3)c3cc(I)ccc31)C(C)(CC(=O)Nc1nccs1)NCC2. The first-order valence-corrected chi connectivity index (χ1v) is 19.4. The quantitative estimate of drug-likeness (QED) is 0.0743. The first-order chi connectivity index (χ1) is 23.6. The van der Waals surface area contributed by atoms with Crippen LogP contribution < -0.4 is 25.0 Å². The number of benzene rings is 3. The van der Waals surface area contributed by atoms with Gasteiger partial charge in [-0.1, -0.05) is 0 Å². The Labute approximate surface area is 319 Å². The zero-order valence-corrected chi connectivity index (χ0v) is 33.1. The molecule has 0 fully saturated rings. The van der Waals surface area contributed by atoms with Crippen LogP contribution in [0.15, 0.2) is 63.0 Å². The molecule has 4 aromatic rings. The molecule has 0 radical (unpaired) electrons. The van der Waals surface area contributed by atoms with Gasteiger partial charge in [-0.2, -0.15) is 0 Å². The van der Waals surface area contributed by atoms with Gasteiger partial charge in [-0.3, -0.25) is 9.59 Å². The Hall–Kier alpha value is -2.98. The van der Waals surface area contributed by atoms with Crippen molar-refractivity contribution in [1.29, 1.82) is 0 Å². The number of methoxy groups -OCH3 is 1. The lowest BCUT2D eigenvalue weighted by Crippen LogP contribution is -2.47. The van der Waals surface area contributed by atoms with Gasteiger partial charge in [0.1, 0.15) is 5.75 Å². The van der Waals surface area contributed by atoms with Crippen molar-refractivity contribution in [3.8, 4) is 17.2 Å². The Bertz CT molecular complexity index is 1900. The molecule has 3 heterocycles. The van der Waals surface area contributed by atoms with Crippen molar-refractivity contribution in [3.05, 3.63) is 88.8 Å². The van der Waals surface area contributed by atoms with E-state index in [-0.39, 0.29) is 24.0 Å². The minimum absolute atomic E-state index is 0.0376. The standard InChI is InChI=1S/C36H35Br2IN4O5S/c1-36(20-32(44)42-35-40-10-13-49-35)26-19-31(30(47-2)17-22(26)8-9-41-36)48-12-5-3-4-11-43-29-7-6-23(39)18-24(29)25(34(43)46)14-21-15-27(37)33(45)28(38)16-21/h6-7,10,13-19,41,45H,3-5,8-9,11-12,20H2,1-2H3,(H,40,42,44)/b25-14-. The third kappa shape index (κ3) is 8.01. The number of carbonyl (C=O) groups excluding carboxylic acids is 2. The number of hydrogen-bond donors (Lipinski definition) is 3. The summed E-state index contributed by atoms with van der Waals surface area (Å²) in [5, 5.41) is 19.0. The number of phenols is 1. The molecule has 256 valence electrons. The lowest BCUT2D eigenvalue weighted by Gasteiger charge is -2.37. The average Bonchev–Trinajstić information content (AvgIpc) is 3.66. The van der Waals surface area contributed by atoms with E-state index in [0.717, 1.165) is 63.7 Å². The highest BCUT2D eigenvalue weighted by atomic mass is 127. The van der Waals surface area contributed by atoms with Gasteiger partial charge in [0.15, 0.2) is 16.6 Å². The Balaban J connectivity index is 1.08. The van der Waals surface area contributed by atoms with Crippen LogP contribution in [0, 0.1) is 3.57 Å². The van der Waals surface area contributed by atoms with Gasteiger partial charge in [0.2, 0.25) is 5.91 Å². The highest BCUT2D eigenvalue weighted by molar-refractivity contribution is 14.1. The number of aromatic hydroxyl groups is 1. The minimum atomic E-state index is -0.571. The van der Waals surface area contributed by atoms with Gasteiger partial charge in [0.05, 0.1) is 28.3 Å². The number of halogens is 3. The number of phenolic OH excluding ortho intramolecular Hbond substituents is 1. The summed E-state index contributed by atoms with van der Waals surface area (Å²) < 4.78 is 14.1. The fourth-order valence-corrected chi connectivity index (χ4v) is 8.61. The molecule has 0 saturated heterocycles. The van der Waals surface area contributed by atoms with E-state index in [2.05, 4.69) is 70.1 Å². The predicted octanol–water partition coefficient (Wildman–Crippen LogP) is 8.51. The molecule has 13 heteroatoms. The number of aromatic nitrogens is 1. The van der Waals surface area contributed by atoms with E-state index in [1.54, 1.807) is 25.4 Å². The van der Waals surface area contributed by atoms with E-state index in [4.69, 9.17) is 9.47 Å². The third-order valence-corrected chi connectivity index (χ3v) is 11.3. The van der Waals surface area contributed by atoms with E-state index >= 15 is 0 Å². The number of rotatable bonds is 12. The number of unbranched alkanes of at least 4 members (excludes halogenated alkanes) is 2. The summed E-state index contributed by atoms with van der Waals surface area (Å²) in [5.41, 5.74) is 4.83. The molecule has 49 heavy (non-hydrogen) atoms. The Morgan fingerprint density at radius 2 is 1.96 bits per heavy atom. The Kier molecular flexibility index (Phi) is 11.3. The molecule has 0 saturated carbocycles. The van der Waals surface area contributed by atoms with Crippen LogP contribution in [0.3, 0.4) is 0 Å². The largest absolute Gasteiger partial charge is 0.506 e. The van der Waals surface area contributed by atoms with E-state index in [1.165, 1.54) is 11.3 Å². The lowest BCUT2D eigenvalue weighted by molar-refractivity contribution is -0.117. The zero-order chi connectivity index (χ0) is 34.7. The first kappa shape index (κ1) is 35.8. The summed E-state index contributed by atoms with van der Waals surface area (Å²) in [6.07, 6.45) is 7.10. The highest BCUT2D eigenvalue weighted by Gasteiger charge is 2.36. The molecule has 9 nitrogen and oxygen atoms in total. The first-order valence-electron chi connectivity index (χ1n) is 15.9. The Morgan fingerprint density at radius 1 is 1.16 bits per heavy atom. The summed E-state index contributed by atoms with van der Waals surface area (Å²) in [6, 6.07) is 13.7. The fraction of sp³-hybridized carbons (Fsp3) is 0.306. The molecule has 2 aliphatic rings. The van der Waals surface area contributed by atoms with Crippen molar-refractivity contribution < 1.29 is 24.2 Å². The molecule has 6 rings (SSSR count). The van der Waals surface area contributed by atoms with Gasteiger partial charge >= 0.3 is 0 Å². The molecule has 1 aromatic heterocycles. The summed E-state index contributed by atoms with van der Waals surface area (Å²) >= 11 is 10.4. The number of anilines is 2. The second-order valence-corrected chi connectivity index (χ2v) is 16.0. The predicted molar refractivity (Wildman–Crippen MR) is 210 cm³/mol. The van der Waals surface area contributed by atoms with Crippen molar-refractivity contribution in [1.82, 2.24) is 10.3 Å². The molecule has 3 N–H and O–H groups in total. The van der Waals surface area contributed by atoms with Crippen molar-refractivity contribution in [2.24, 2.45) is 0 Å². The summed E-state index contributed by atoms with van der Waals surface area (Å²) in [7, 11) is 1.64. The van der Waals surface area contributed by atoms with E-state index in [1.807, 2.05) is 53.6 Å². The molecule has 2 aliphatic heterocycles. The molecule has 0 aliphatic carbocycles. The lowest BCUT2D eigenvalue weighted by atomic mass is 9.81. The minimum Gasteiger partial charge on any atom is -0.506 e. The number of ether oxygens (including phenoxy) is 2. The van der Waals surface area contributed by atoms with E-state index in [9.17, 15) is 14.7 Å². The normalized spacial score (nSPS) is 17.6. The van der Waals surface area contributed by atoms with Crippen LogP contribution in [0.25, 0.3) is 11.6 Å². The molecule has 1 unspecified atom stereocenters. The van der Waals surface area contributed by atoms with Gasteiger partial charge in [-0.15, -0.1) is 11.3 Å². The smallest absolute Gasteiger partial charge is 0.258 e. The summed E-state index contributed by atoms with van der Waals surface area (Å²) in [4.78, 5) is 32.7. The van der Waals surface area contributed by atoms with Gasteiger partial charge in [-0.25, -0.2) is 4.98 Å². The summed E-state index contributed by atoms with van der Waals surface area (Å²) in [6.45, 7) is 3.87. The molecule has 3 aromatic carbocycles. The van der Waals surface area contributed by atoms with Gasteiger partial charge in [0.25, 0.3) is 5.91 Å². The monoisotopic (exact) mass is 920 g/mol. The van der Waals surface area contributed by atoms with Crippen molar-refractivity contribution in [2.75, 3.05) is 37.0 Å². The average molecular weight is 922 g/mol. The van der Waals surface area contributed by atoms with Crippen LogP contribution in [-0.4, -0.2) is 48.7 Å². The maximum absolute atomic E-state index is 13.7. The number of thiazole rings is 1. The number of nitrogens with one attached hydrogen (secondary N) is 2. The number of hydrogen-bond acceptors (Lipinski definition) is 8. The van der Waals surface area contributed by atoms with Crippen LogP contribution in [-0.2, 0) is 21.5 Å². The molecular formula is C36H35Br2IN4O5S. The van der Waals surface area contributed by atoms with Crippen LogP contribution >= 0.6 is 65.8 Å². The topological polar surface area (TPSA) is 113 Å². The maximum atomic E-state index is 13.7. The number of amides is 2. The third-order valence-electron chi connectivity index (χ3n) is 8.74. The molecule has 1 atom stereocenters. The summed E-state index contributed by atoms with van der Waals surface area (Å²) in [5.74, 6) is 1.31. The van der Waals surface area contributed by atoms with Crippen LogP contribution in [0.5, 0.6) is 17.2 Å². The molecular weight excluding hydrogens is 887 g/mol. The van der Waals surface area contributed by atoms with Crippen LogP contribution in [0.4, 0.5) is 10.8 Å². The highest BCUT2D eigenvalue weighted by Crippen LogP contribution is 2.42. The van der Waals surface area contributed by atoms with E-state index in [0.29, 0.717) is 44.3 Å². The Morgan fingerprint density at radius 3 is 2.69 bits per heavy atom. The van der Waals surface area contributed by atoms with Gasteiger partial charge < -0.3 is 30.1 Å².